The lowest BCUT2D eigenvalue weighted by Crippen LogP contribution is -2.27. The van der Waals surface area contributed by atoms with Crippen LogP contribution in [0, 0.1) is 0 Å². The fourth-order valence-electron chi connectivity index (χ4n) is 1.11. The summed E-state index contributed by atoms with van der Waals surface area (Å²) in [5, 5.41) is 0. The van der Waals surface area contributed by atoms with Crippen molar-refractivity contribution in [2.45, 2.75) is 31.8 Å². The summed E-state index contributed by atoms with van der Waals surface area (Å²) in [5.41, 5.74) is 0. The summed E-state index contributed by atoms with van der Waals surface area (Å²) in [6.07, 6.45) is -10.00. The van der Waals surface area contributed by atoms with Crippen LogP contribution in [0.15, 0.2) is 0 Å². The molecule has 5 atom stereocenters. The van der Waals surface area contributed by atoms with Crippen LogP contribution in [0.1, 0.15) is 0 Å². The molecule has 0 aliphatic heterocycles. The minimum Gasteiger partial charge on any atom is -0.379 e. The third-order valence-electron chi connectivity index (χ3n) is 2.19. The number of hydrogen-bond donors (Lipinski definition) is 0. The number of methoxy groups -OCH3 is 2. The summed E-state index contributed by atoms with van der Waals surface area (Å²) < 4.78 is 90.5. The van der Waals surface area contributed by atoms with Crippen molar-refractivity contribution in [3.63, 3.8) is 0 Å². The molecular weight excluding hydrogens is 335 g/mol. The second kappa shape index (κ2) is 13.8. The van der Waals surface area contributed by atoms with Gasteiger partial charge in [0.05, 0.1) is 0 Å². The predicted molar refractivity (Wildman–Crippen MR) is 67.2 cm³/mol. The van der Waals surface area contributed by atoms with Gasteiger partial charge in [-0.15, -0.1) is 0 Å². The van der Waals surface area contributed by atoms with Crippen LogP contribution >= 0.6 is 0 Å². The van der Waals surface area contributed by atoms with E-state index in [1.165, 1.54) is 7.11 Å². The van der Waals surface area contributed by atoms with E-state index in [-0.39, 0.29) is 6.61 Å². The Morgan fingerprint density at radius 1 is 0.522 bits per heavy atom. The molecule has 6 nitrogen and oxygen atoms in total. The first-order chi connectivity index (χ1) is 10.9. The van der Waals surface area contributed by atoms with Gasteiger partial charge in [0.25, 0.3) is 0 Å². The molecule has 11 heteroatoms. The van der Waals surface area contributed by atoms with E-state index in [0.717, 1.165) is 7.11 Å². The van der Waals surface area contributed by atoms with Gasteiger partial charge < -0.3 is 28.4 Å². The topological polar surface area (TPSA) is 55.4 Å². The summed E-state index contributed by atoms with van der Waals surface area (Å²) in [6, 6.07) is 0. The van der Waals surface area contributed by atoms with Gasteiger partial charge in [0.2, 0.25) is 31.8 Å². The zero-order valence-electron chi connectivity index (χ0n) is 12.8. The van der Waals surface area contributed by atoms with Crippen molar-refractivity contribution < 1.29 is 50.4 Å². The van der Waals surface area contributed by atoms with Gasteiger partial charge in [-0.1, -0.05) is 0 Å². The standard InChI is InChI=1S/C12H21F5O6/c1-18-3-9(14)21-5-11(16)23-7-12(17)22-6-10(15)20-4-8(13)19-2/h8-12H,3-7H2,1-2H3. The Morgan fingerprint density at radius 2 is 0.826 bits per heavy atom. The van der Waals surface area contributed by atoms with Gasteiger partial charge >= 0.3 is 0 Å². The lowest BCUT2D eigenvalue weighted by atomic mass is 10.6. The summed E-state index contributed by atoms with van der Waals surface area (Å²) in [7, 11) is 2.29. The number of alkyl halides is 5. The van der Waals surface area contributed by atoms with Crippen molar-refractivity contribution >= 4 is 0 Å². The smallest absolute Gasteiger partial charge is 0.222 e. The van der Waals surface area contributed by atoms with Crippen LogP contribution in [-0.2, 0) is 28.4 Å². The van der Waals surface area contributed by atoms with Gasteiger partial charge in [-0.25, -0.2) is 22.0 Å². The molecule has 0 spiro atoms. The molecule has 0 aliphatic rings. The maximum atomic E-state index is 13.1. The highest BCUT2D eigenvalue weighted by molar-refractivity contribution is 4.48. The van der Waals surface area contributed by atoms with Crippen molar-refractivity contribution in [1.29, 1.82) is 0 Å². The van der Waals surface area contributed by atoms with Crippen molar-refractivity contribution in [3.8, 4) is 0 Å². The largest absolute Gasteiger partial charge is 0.379 e. The molecule has 0 bridgehead atoms. The highest BCUT2D eigenvalue weighted by Crippen LogP contribution is 2.06. The van der Waals surface area contributed by atoms with E-state index in [1.54, 1.807) is 0 Å². The lowest BCUT2D eigenvalue weighted by molar-refractivity contribution is -0.193. The lowest BCUT2D eigenvalue weighted by Gasteiger charge is -2.16. The molecule has 0 aliphatic carbocycles. The van der Waals surface area contributed by atoms with Gasteiger partial charge in [-0.3, -0.25) is 0 Å². The molecule has 0 amide bonds. The van der Waals surface area contributed by atoms with Gasteiger partial charge in [0.15, 0.2) is 0 Å². The quantitative estimate of drug-likeness (QED) is 0.417. The maximum absolute atomic E-state index is 13.1. The fourth-order valence-corrected chi connectivity index (χ4v) is 1.11. The third kappa shape index (κ3) is 13.5. The number of halogens is 5. The molecule has 0 N–H and O–H groups in total. The van der Waals surface area contributed by atoms with Gasteiger partial charge in [0.1, 0.15) is 33.0 Å². The first-order valence-corrected chi connectivity index (χ1v) is 6.57. The Balaban J connectivity index is 3.67. The average molecular weight is 356 g/mol. The SMILES string of the molecule is COCC(F)OCC(F)OCC(F)OCC(F)OCC(F)OC. The molecule has 0 aromatic heterocycles. The Kier molecular flexibility index (Phi) is 13.5. The number of ether oxygens (including phenoxy) is 6. The Labute approximate surface area is 130 Å². The molecule has 0 rings (SSSR count). The molecular formula is C12H21F5O6. The second-order valence-corrected chi connectivity index (χ2v) is 4.07. The van der Waals surface area contributed by atoms with Crippen molar-refractivity contribution in [1.82, 2.24) is 0 Å². The van der Waals surface area contributed by atoms with Crippen molar-refractivity contribution in [2.24, 2.45) is 0 Å². The van der Waals surface area contributed by atoms with Crippen LogP contribution in [0.4, 0.5) is 22.0 Å². The van der Waals surface area contributed by atoms with Crippen LogP contribution < -0.4 is 0 Å². The van der Waals surface area contributed by atoms with E-state index in [9.17, 15) is 22.0 Å². The van der Waals surface area contributed by atoms with Crippen molar-refractivity contribution in [3.05, 3.63) is 0 Å². The van der Waals surface area contributed by atoms with Gasteiger partial charge in [0, 0.05) is 14.2 Å². The van der Waals surface area contributed by atoms with E-state index < -0.39 is 58.2 Å². The Morgan fingerprint density at radius 3 is 1.13 bits per heavy atom. The third-order valence-corrected chi connectivity index (χ3v) is 2.19. The van der Waals surface area contributed by atoms with E-state index >= 15 is 0 Å². The van der Waals surface area contributed by atoms with Crippen LogP contribution in [0.3, 0.4) is 0 Å². The molecule has 0 heterocycles. The summed E-state index contributed by atoms with van der Waals surface area (Å²) >= 11 is 0. The molecule has 0 fully saturated rings. The molecule has 0 saturated carbocycles. The Hall–Kier alpha value is -0.590. The fraction of sp³-hybridized carbons (Fsp3) is 1.00. The van der Waals surface area contributed by atoms with Crippen LogP contribution in [0.5, 0.6) is 0 Å². The highest BCUT2D eigenvalue weighted by Gasteiger charge is 2.18. The molecule has 0 aromatic rings. The van der Waals surface area contributed by atoms with Crippen molar-refractivity contribution in [2.75, 3.05) is 47.3 Å². The normalized spacial score (nSPS) is 18.4. The van der Waals surface area contributed by atoms with E-state index in [4.69, 9.17) is 0 Å². The van der Waals surface area contributed by atoms with E-state index in [0.29, 0.717) is 0 Å². The average Bonchev–Trinajstić information content (AvgIpc) is 2.54. The number of hydrogen-bond acceptors (Lipinski definition) is 6. The summed E-state index contributed by atoms with van der Waals surface area (Å²) in [6.45, 7) is -3.58. The minimum absolute atomic E-state index is 0.387. The zero-order chi connectivity index (χ0) is 17.7. The molecule has 0 saturated heterocycles. The monoisotopic (exact) mass is 356 g/mol. The van der Waals surface area contributed by atoms with Crippen LogP contribution in [0.2, 0.25) is 0 Å². The predicted octanol–water partition coefficient (Wildman–Crippen LogP) is 1.82. The Bertz CT molecular complexity index is 278. The summed E-state index contributed by atoms with van der Waals surface area (Å²) in [4.78, 5) is 0. The van der Waals surface area contributed by atoms with Gasteiger partial charge in [-0.05, 0) is 0 Å². The highest BCUT2D eigenvalue weighted by atomic mass is 19.2. The first-order valence-electron chi connectivity index (χ1n) is 6.57. The molecule has 5 unspecified atom stereocenters. The number of rotatable bonds is 15. The first kappa shape index (κ1) is 22.4. The zero-order valence-corrected chi connectivity index (χ0v) is 12.8. The van der Waals surface area contributed by atoms with Crippen LogP contribution in [-0.4, -0.2) is 79.0 Å². The van der Waals surface area contributed by atoms with Crippen LogP contribution in [0.25, 0.3) is 0 Å². The molecule has 0 aromatic carbocycles. The molecule has 0 radical (unpaired) electrons. The second-order valence-electron chi connectivity index (χ2n) is 4.07. The van der Waals surface area contributed by atoms with E-state index in [2.05, 4.69) is 28.4 Å². The van der Waals surface area contributed by atoms with Gasteiger partial charge in [-0.2, -0.15) is 0 Å². The minimum atomic E-state index is -2.15. The molecule has 140 valence electrons. The van der Waals surface area contributed by atoms with E-state index in [1.807, 2.05) is 0 Å². The molecule has 23 heavy (non-hydrogen) atoms. The maximum Gasteiger partial charge on any atom is 0.222 e. The summed E-state index contributed by atoms with van der Waals surface area (Å²) in [5.74, 6) is 0.